The molecular weight excluding hydrogens is 290 g/mol. The van der Waals surface area contributed by atoms with Gasteiger partial charge in [0.05, 0.1) is 5.69 Å². The fraction of sp³-hybridized carbons (Fsp3) is 0.333. The Labute approximate surface area is 128 Å². The first-order chi connectivity index (χ1) is 9.84. The zero-order valence-corrected chi connectivity index (χ0v) is 13.0. The second kappa shape index (κ2) is 5.87. The van der Waals surface area contributed by atoms with Gasteiger partial charge in [0.25, 0.3) is 0 Å². The third-order valence-corrected chi connectivity index (χ3v) is 3.93. The molecule has 1 atom stereocenters. The van der Waals surface area contributed by atoms with E-state index in [-0.39, 0.29) is 0 Å². The monoisotopic (exact) mass is 307 g/mol. The number of nitrogens with one attached hydrogen (secondary N) is 1. The number of carbonyl (C=O) groups is 1. The van der Waals surface area contributed by atoms with Crippen molar-refractivity contribution in [3.8, 4) is 0 Å². The smallest absolute Gasteiger partial charge is 0.242 e. The normalized spacial score (nSPS) is 13.9. The Kier molecular flexibility index (Phi) is 4.34. The largest absolute Gasteiger partial charge is 0.368 e. The van der Waals surface area contributed by atoms with Crippen LogP contribution in [-0.2, 0) is 16.9 Å². The first kappa shape index (κ1) is 15.5. The average molecular weight is 308 g/mol. The minimum absolute atomic E-state index is 0.424. The summed E-state index contributed by atoms with van der Waals surface area (Å²) in [6.45, 7) is 5.85. The van der Waals surface area contributed by atoms with Crippen molar-refractivity contribution >= 4 is 17.5 Å². The van der Waals surface area contributed by atoms with Crippen LogP contribution in [0.5, 0.6) is 0 Å². The first-order valence-electron chi connectivity index (χ1n) is 6.57. The fourth-order valence-electron chi connectivity index (χ4n) is 2.15. The summed E-state index contributed by atoms with van der Waals surface area (Å²) >= 11 is 6.00. The number of aryl methyl sites for hydroxylation is 2. The number of hydrogen-bond donors (Lipinski definition) is 2. The molecule has 0 saturated carbocycles. The van der Waals surface area contributed by atoms with Gasteiger partial charge in [-0.1, -0.05) is 28.9 Å². The molecule has 1 aromatic heterocycles. The molecule has 0 radical (unpaired) electrons. The molecule has 0 aliphatic rings. The van der Waals surface area contributed by atoms with E-state index in [2.05, 4.69) is 10.5 Å². The Hall–Kier alpha value is -1.85. The quantitative estimate of drug-likeness (QED) is 0.889. The second-order valence-electron chi connectivity index (χ2n) is 5.16. The summed E-state index contributed by atoms with van der Waals surface area (Å²) in [6, 6.07) is 7.08. The molecule has 1 heterocycles. The Bertz CT molecular complexity index is 649. The number of halogens is 1. The summed E-state index contributed by atoms with van der Waals surface area (Å²) in [5.74, 6) is 0.245. The van der Waals surface area contributed by atoms with E-state index < -0.39 is 11.4 Å². The van der Waals surface area contributed by atoms with Crippen molar-refractivity contribution < 1.29 is 9.32 Å². The molecule has 2 aromatic rings. The van der Waals surface area contributed by atoms with Gasteiger partial charge < -0.3 is 10.3 Å². The molecule has 0 bridgehead atoms. The molecule has 0 aliphatic heterocycles. The van der Waals surface area contributed by atoms with Gasteiger partial charge in [0.15, 0.2) is 0 Å². The number of nitrogens with zero attached hydrogens (tertiary/aromatic N) is 1. The molecule has 0 spiro atoms. The summed E-state index contributed by atoms with van der Waals surface area (Å²) in [4.78, 5) is 11.9. The molecule has 1 unspecified atom stereocenters. The SMILES string of the molecule is Cc1noc(C)c1CNC(C)(C(N)=O)c1cccc(Cl)c1. The highest BCUT2D eigenvalue weighted by molar-refractivity contribution is 6.30. The maximum absolute atomic E-state index is 11.9. The van der Waals surface area contributed by atoms with Crippen LogP contribution in [0.2, 0.25) is 5.02 Å². The van der Waals surface area contributed by atoms with Crippen LogP contribution in [0.15, 0.2) is 28.8 Å². The van der Waals surface area contributed by atoms with Crippen molar-refractivity contribution in [3.05, 3.63) is 51.9 Å². The van der Waals surface area contributed by atoms with Gasteiger partial charge in [0, 0.05) is 17.1 Å². The molecule has 1 amide bonds. The summed E-state index contributed by atoms with van der Waals surface area (Å²) in [5, 5.41) is 7.64. The van der Waals surface area contributed by atoms with E-state index in [0.717, 1.165) is 17.0 Å². The molecule has 5 nitrogen and oxygen atoms in total. The van der Waals surface area contributed by atoms with Gasteiger partial charge in [-0.05, 0) is 38.5 Å². The first-order valence-corrected chi connectivity index (χ1v) is 6.95. The molecule has 6 heteroatoms. The van der Waals surface area contributed by atoms with E-state index in [1.807, 2.05) is 19.9 Å². The van der Waals surface area contributed by atoms with Crippen LogP contribution in [-0.4, -0.2) is 11.1 Å². The minimum atomic E-state index is -1.03. The van der Waals surface area contributed by atoms with Crippen LogP contribution < -0.4 is 11.1 Å². The number of hydrogen-bond acceptors (Lipinski definition) is 4. The van der Waals surface area contributed by atoms with Gasteiger partial charge in [0.2, 0.25) is 5.91 Å². The van der Waals surface area contributed by atoms with Crippen molar-refractivity contribution in [1.82, 2.24) is 10.5 Å². The van der Waals surface area contributed by atoms with E-state index in [1.54, 1.807) is 25.1 Å². The molecule has 112 valence electrons. The Morgan fingerprint density at radius 2 is 2.19 bits per heavy atom. The van der Waals surface area contributed by atoms with E-state index in [4.69, 9.17) is 21.9 Å². The van der Waals surface area contributed by atoms with Crippen molar-refractivity contribution in [3.63, 3.8) is 0 Å². The lowest BCUT2D eigenvalue weighted by Gasteiger charge is -2.28. The highest BCUT2D eigenvalue weighted by Gasteiger charge is 2.33. The van der Waals surface area contributed by atoms with Gasteiger partial charge in [-0.25, -0.2) is 0 Å². The van der Waals surface area contributed by atoms with Crippen LogP contribution in [0.1, 0.15) is 29.5 Å². The second-order valence-corrected chi connectivity index (χ2v) is 5.59. The van der Waals surface area contributed by atoms with E-state index in [1.165, 1.54) is 0 Å². The predicted molar refractivity (Wildman–Crippen MR) is 80.8 cm³/mol. The highest BCUT2D eigenvalue weighted by atomic mass is 35.5. The fourth-order valence-corrected chi connectivity index (χ4v) is 2.34. The Balaban J connectivity index is 2.29. The van der Waals surface area contributed by atoms with Crippen LogP contribution in [0.4, 0.5) is 0 Å². The van der Waals surface area contributed by atoms with E-state index in [9.17, 15) is 4.79 Å². The van der Waals surface area contributed by atoms with Crippen LogP contribution in [0.25, 0.3) is 0 Å². The summed E-state index contributed by atoms with van der Waals surface area (Å²) in [5.41, 5.74) is 6.99. The number of amides is 1. The summed E-state index contributed by atoms with van der Waals surface area (Å²) < 4.78 is 5.12. The van der Waals surface area contributed by atoms with Crippen LogP contribution >= 0.6 is 11.6 Å². The van der Waals surface area contributed by atoms with E-state index in [0.29, 0.717) is 17.1 Å². The molecular formula is C15H18ClN3O2. The molecule has 0 fully saturated rings. The molecule has 0 saturated heterocycles. The number of nitrogens with two attached hydrogens (primary N) is 1. The van der Waals surface area contributed by atoms with E-state index >= 15 is 0 Å². The van der Waals surface area contributed by atoms with Crippen LogP contribution in [0, 0.1) is 13.8 Å². The molecule has 3 N–H and O–H groups in total. The van der Waals surface area contributed by atoms with Crippen molar-refractivity contribution in [1.29, 1.82) is 0 Å². The van der Waals surface area contributed by atoms with Crippen molar-refractivity contribution in [2.45, 2.75) is 32.9 Å². The number of benzene rings is 1. The number of primary amides is 1. The Morgan fingerprint density at radius 3 is 2.71 bits per heavy atom. The summed E-state index contributed by atoms with van der Waals surface area (Å²) in [6.07, 6.45) is 0. The molecule has 2 rings (SSSR count). The zero-order chi connectivity index (χ0) is 15.6. The number of carbonyl (C=O) groups excluding carboxylic acids is 1. The lowest BCUT2D eigenvalue weighted by molar-refractivity contribution is -0.124. The maximum Gasteiger partial charge on any atom is 0.242 e. The van der Waals surface area contributed by atoms with Gasteiger partial charge in [-0.15, -0.1) is 0 Å². The zero-order valence-electron chi connectivity index (χ0n) is 12.2. The van der Waals surface area contributed by atoms with Gasteiger partial charge in [-0.3, -0.25) is 10.1 Å². The third-order valence-electron chi connectivity index (χ3n) is 3.69. The van der Waals surface area contributed by atoms with Gasteiger partial charge in [-0.2, -0.15) is 0 Å². The van der Waals surface area contributed by atoms with Gasteiger partial charge >= 0.3 is 0 Å². The summed E-state index contributed by atoms with van der Waals surface area (Å²) in [7, 11) is 0. The highest BCUT2D eigenvalue weighted by Crippen LogP contribution is 2.24. The average Bonchev–Trinajstić information content (AvgIpc) is 2.75. The van der Waals surface area contributed by atoms with Gasteiger partial charge in [0.1, 0.15) is 11.3 Å². The predicted octanol–water partition coefficient (Wildman–Crippen LogP) is 2.44. The number of aromatic nitrogens is 1. The lowest BCUT2D eigenvalue weighted by atomic mass is 9.91. The third kappa shape index (κ3) is 3.09. The molecule has 21 heavy (non-hydrogen) atoms. The standard InChI is InChI=1S/C15H18ClN3O2/c1-9-13(10(2)21-19-9)8-18-15(3,14(17)20)11-5-4-6-12(16)7-11/h4-7,18H,8H2,1-3H3,(H2,17,20). The molecule has 1 aromatic carbocycles. The number of rotatable bonds is 5. The van der Waals surface area contributed by atoms with Crippen molar-refractivity contribution in [2.24, 2.45) is 5.73 Å². The van der Waals surface area contributed by atoms with Crippen LogP contribution in [0.3, 0.4) is 0 Å². The lowest BCUT2D eigenvalue weighted by Crippen LogP contribution is -2.50. The Morgan fingerprint density at radius 1 is 1.48 bits per heavy atom. The maximum atomic E-state index is 11.9. The molecule has 0 aliphatic carbocycles. The van der Waals surface area contributed by atoms with Crippen molar-refractivity contribution in [2.75, 3.05) is 0 Å². The minimum Gasteiger partial charge on any atom is -0.368 e. The topological polar surface area (TPSA) is 81.2 Å².